The van der Waals surface area contributed by atoms with Crippen LogP contribution in [-0.4, -0.2) is 58.0 Å². The van der Waals surface area contributed by atoms with E-state index in [1.54, 1.807) is 62.6 Å². The number of carbonyl (C=O) groups excluding carboxylic acids is 2. The number of carbonyl (C=O) groups is 2. The molecule has 1 unspecified atom stereocenters. The molecule has 3 aromatic rings. The van der Waals surface area contributed by atoms with Gasteiger partial charge in [0.15, 0.2) is 0 Å². The fourth-order valence-corrected chi connectivity index (χ4v) is 6.65. The van der Waals surface area contributed by atoms with Crippen LogP contribution in [-0.2, 0) is 26.2 Å². The first kappa shape index (κ1) is 31.9. The molecular formula is C33H41N3O6S. The van der Waals surface area contributed by atoms with Crippen LogP contribution in [0.25, 0.3) is 0 Å². The summed E-state index contributed by atoms with van der Waals surface area (Å²) in [5.41, 5.74) is 1.96. The third-order valence-electron chi connectivity index (χ3n) is 7.85. The van der Waals surface area contributed by atoms with E-state index in [1.807, 2.05) is 19.1 Å². The lowest BCUT2D eigenvalue weighted by molar-refractivity contribution is -0.139. The van der Waals surface area contributed by atoms with E-state index in [4.69, 9.17) is 9.47 Å². The van der Waals surface area contributed by atoms with Gasteiger partial charge >= 0.3 is 0 Å². The van der Waals surface area contributed by atoms with Crippen LogP contribution in [0.3, 0.4) is 0 Å². The Bertz CT molecular complexity index is 1490. The number of anilines is 1. The molecule has 1 aliphatic carbocycles. The van der Waals surface area contributed by atoms with Gasteiger partial charge in [-0.25, -0.2) is 8.42 Å². The Kier molecular flexibility index (Phi) is 10.7. The molecule has 1 saturated carbocycles. The molecule has 0 aliphatic heterocycles. The fourth-order valence-electron chi connectivity index (χ4n) is 5.23. The molecule has 1 aliphatic rings. The maximum atomic E-state index is 14.2. The number of benzene rings is 3. The van der Waals surface area contributed by atoms with Gasteiger partial charge in [-0.2, -0.15) is 0 Å². The summed E-state index contributed by atoms with van der Waals surface area (Å²) >= 11 is 0. The molecule has 3 aromatic carbocycles. The van der Waals surface area contributed by atoms with Crippen molar-refractivity contribution in [2.24, 2.45) is 0 Å². The van der Waals surface area contributed by atoms with Crippen LogP contribution in [0.1, 0.15) is 50.2 Å². The SMILES string of the molecule is COc1ccc(N(CC(=O)N(Cc2cccc(OC)c2)C(C)C(=O)NC2CCCCC2)S(=O)(=O)c2ccc(C)cc2)cc1. The van der Waals surface area contributed by atoms with Crippen LogP contribution in [0.2, 0.25) is 0 Å². The first-order chi connectivity index (χ1) is 20.6. The highest BCUT2D eigenvalue weighted by Crippen LogP contribution is 2.27. The highest BCUT2D eigenvalue weighted by Gasteiger charge is 2.33. The first-order valence-corrected chi connectivity index (χ1v) is 16.0. The second kappa shape index (κ2) is 14.4. The number of hydrogen-bond donors (Lipinski definition) is 1. The number of amides is 2. The van der Waals surface area contributed by atoms with Crippen molar-refractivity contribution in [1.82, 2.24) is 10.2 Å². The average molecular weight is 608 g/mol. The second-order valence-electron chi connectivity index (χ2n) is 10.9. The molecule has 4 rings (SSSR count). The van der Waals surface area contributed by atoms with Gasteiger partial charge in [0.2, 0.25) is 11.8 Å². The summed E-state index contributed by atoms with van der Waals surface area (Å²) in [6, 6.07) is 19.5. The maximum absolute atomic E-state index is 14.2. The zero-order valence-electron chi connectivity index (χ0n) is 25.3. The summed E-state index contributed by atoms with van der Waals surface area (Å²) < 4.78 is 39.7. The monoisotopic (exact) mass is 607 g/mol. The third-order valence-corrected chi connectivity index (χ3v) is 9.64. The molecule has 0 bridgehead atoms. The van der Waals surface area contributed by atoms with E-state index in [9.17, 15) is 18.0 Å². The van der Waals surface area contributed by atoms with Crippen molar-refractivity contribution in [2.45, 2.75) is 69.5 Å². The lowest BCUT2D eigenvalue weighted by Gasteiger charge is -2.33. The highest BCUT2D eigenvalue weighted by molar-refractivity contribution is 7.92. The zero-order chi connectivity index (χ0) is 31.0. The third kappa shape index (κ3) is 8.07. The summed E-state index contributed by atoms with van der Waals surface area (Å²) in [5, 5.41) is 3.12. The van der Waals surface area contributed by atoms with Gasteiger partial charge < -0.3 is 19.7 Å². The van der Waals surface area contributed by atoms with Crippen LogP contribution >= 0.6 is 0 Å². The molecule has 0 saturated heterocycles. The number of nitrogens with zero attached hydrogens (tertiary/aromatic N) is 2. The van der Waals surface area contributed by atoms with Gasteiger partial charge in [0.25, 0.3) is 10.0 Å². The van der Waals surface area contributed by atoms with Crippen molar-refractivity contribution in [3.8, 4) is 11.5 Å². The van der Waals surface area contributed by atoms with Crippen LogP contribution in [0.4, 0.5) is 5.69 Å². The molecule has 2 amide bonds. The van der Waals surface area contributed by atoms with E-state index < -0.39 is 28.5 Å². The maximum Gasteiger partial charge on any atom is 0.264 e. The van der Waals surface area contributed by atoms with Gasteiger partial charge in [0.1, 0.15) is 24.1 Å². The van der Waals surface area contributed by atoms with Gasteiger partial charge in [-0.1, -0.05) is 49.1 Å². The number of rotatable bonds is 12. The van der Waals surface area contributed by atoms with Gasteiger partial charge in [0.05, 0.1) is 24.8 Å². The molecule has 0 spiro atoms. The predicted octanol–water partition coefficient (Wildman–Crippen LogP) is 5.07. The van der Waals surface area contributed by atoms with E-state index in [1.165, 1.54) is 24.1 Å². The topological polar surface area (TPSA) is 105 Å². The fraction of sp³-hybridized carbons (Fsp3) is 0.394. The van der Waals surface area contributed by atoms with E-state index in [-0.39, 0.29) is 23.4 Å². The van der Waals surface area contributed by atoms with Crippen molar-refractivity contribution in [2.75, 3.05) is 25.1 Å². The predicted molar refractivity (Wildman–Crippen MR) is 167 cm³/mol. The Morgan fingerprint density at radius 2 is 1.56 bits per heavy atom. The summed E-state index contributed by atoms with van der Waals surface area (Å²) in [7, 11) is -1.06. The smallest absolute Gasteiger partial charge is 0.264 e. The van der Waals surface area contributed by atoms with Crippen LogP contribution < -0.4 is 19.1 Å². The molecule has 0 heterocycles. The van der Waals surface area contributed by atoms with Crippen molar-refractivity contribution in [1.29, 1.82) is 0 Å². The quantitative estimate of drug-likeness (QED) is 0.308. The minimum absolute atomic E-state index is 0.0594. The van der Waals surface area contributed by atoms with Crippen molar-refractivity contribution < 1.29 is 27.5 Å². The average Bonchev–Trinajstić information content (AvgIpc) is 3.02. The molecule has 1 fully saturated rings. The normalized spacial score (nSPS) is 14.4. The molecule has 1 atom stereocenters. The first-order valence-electron chi connectivity index (χ1n) is 14.6. The molecule has 0 aromatic heterocycles. The van der Waals surface area contributed by atoms with Gasteiger partial charge in [-0.05, 0) is 80.8 Å². The van der Waals surface area contributed by atoms with Gasteiger partial charge in [0, 0.05) is 12.6 Å². The Morgan fingerprint density at radius 3 is 2.19 bits per heavy atom. The van der Waals surface area contributed by atoms with Crippen molar-refractivity contribution in [3.05, 3.63) is 83.9 Å². The Morgan fingerprint density at radius 1 is 0.907 bits per heavy atom. The number of aryl methyl sites for hydroxylation is 1. The number of methoxy groups -OCH3 is 2. The van der Waals surface area contributed by atoms with E-state index in [0.717, 1.165) is 47.5 Å². The highest BCUT2D eigenvalue weighted by atomic mass is 32.2. The number of sulfonamides is 1. The summed E-state index contributed by atoms with van der Waals surface area (Å²) in [4.78, 5) is 29.1. The van der Waals surface area contributed by atoms with Gasteiger partial charge in [-0.3, -0.25) is 13.9 Å². The molecule has 43 heavy (non-hydrogen) atoms. The number of hydrogen-bond acceptors (Lipinski definition) is 6. The van der Waals surface area contributed by atoms with E-state index in [0.29, 0.717) is 17.2 Å². The zero-order valence-corrected chi connectivity index (χ0v) is 26.1. The minimum Gasteiger partial charge on any atom is -0.497 e. The van der Waals surface area contributed by atoms with Crippen LogP contribution in [0.5, 0.6) is 11.5 Å². The van der Waals surface area contributed by atoms with Crippen LogP contribution in [0.15, 0.2) is 77.7 Å². The molecular weight excluding hydrogens is 566 g/mol. The molecule has 230 valence electrons. The molecule has 10 heteroatoms. The van der Waals surface area contributed by atoms with E-state index >= 15 is 0 Å². The molecule has 1 N–H and O–H groups in total. The van der Waals surface area contributed by atoms with E-state index in [2.05, 4.69) is 5.32 Å². The lowest BCUT2D eigenvalue weighted by atomic mass is 9.95. The van der Waals surface area contributed by atoms with Crippen molar-refractivity contribution in [3.63, 3.8) is 0 Å². The number of nitrogens with one attached hydrogen (secondary N) is 1. The van der Waals surface area contributed by atoms with Crippen LogP contribution in [0, 0.1) is 6.92 Å². The standard InChI is InChI=1S/C33H41N3O6S/c1-24-13-19-31(20-14-24)43(39,40)36(28-15-17-29(41-3)18-16-28)23-32(37)35(22-26-9-8-12-30(21-26)42-4)25(2)33(38)34-27-10-6-5-7-11-27/h8-9,12-21,25,27H,5-7,10-11,22-23H2,1-4H3,(H,34,38). The molecule has 9 nitrogen and oxygen atoms in total. The lowest BCUT2D eigenvalue weighted by Crippen LogP contribution is -2.53. The summed E-state index contributed by atoms with van der Waals surface area (Å²) in [6.07, 6.45) is 5.07. The molecule has 0 radical (unpaired) electrons. The Balaban J connectivity index is 1.68. The van der Waals surface area contributed by atoms with Gasteiger partial charge in [-0.15, -0.1) is 0 Å². The summed E-state index contributed by atoms with van der Waals surface area (Å²) in [5.74, 6) is 0.391. The Hall–Kier alpha value is -4.05. The summed E-state index contributed by atoms with van der Waals surface area (Å²) in [6.45, 7) is 3.14. The minimum atomic E-state index is -4.15. The number of ether oxygens (including phenoxy) is 2. The second-order valence-corrected chi connectivity index (χ2v) is 12.8. The largest absolute Gasteiger partial charge is 0.497 e. The van der Waals surface area contributed by atoms with Crippen molar-refractivity contribution >= 4 is 27.5 Å². The Labute approximate surface area is 254 Å².